The summed E-state index contributed by atoms with van der Waals surface area (Å²) < 4.78 is 31.4. The van der Waals surface area contributed by atoms with Crippen LogP contribution in [0.4, 0.5) is 0 Å². The van der Waals surface area contributed by atoms with E-state index < -0.39 is 10.1 Å². The third-order valence-electron chi connectivity index (χ3n) is 2.02. The lowest BCUT2D eigenvalue weighted by molar-refractivity contribution is 0.0406. The van der Waals surface area contributed by atoms with Gasteiger partial charge in [0.25, 0.3) is 10.1 Å². The summed E-state index contributed by atoms with van der Waals surface area (Å²) in [5, 5.41) is 0. The molecule has 0 N–H and O–H groups in total. The topological polar surface area (TPSA) is 55.8 Å². The van der Waals surface area contributed by atoms with Gasteiger partial charge in [-0.25, -0.2) is 0 Å². The molecule has 0 saturated carbocycles. The molecule has 1 heterocycles. The summed E-state index contributed by atoms with van der Waals surface area (Å²) in [4.78, 5) is 2.06. The lowest BCUT2D eigenvalue weighted by Gasteiger charge is -2.25. The number of rotatable bonds is 4. The van der Waals surface area contributed by atoms with Gasteiger partial charge in [-0.1, -0.05) is 0 Å². The first-order valence-electron chi connectivity index (χ1n) is 4.22. The Balaban J connectivity index is 2.25. The fourth-order valence-corrected chi connectivity index (χ4v) is 1.80. The van der Waals surface area contributed by atoms with Crippen molar-refractivity contribution in [3.05, 3.63) is 0 Å². The first kappa shape index (κ1) is 10.9. The van der Waals surface area contributed by atoms with Crippen LogP contribution in [-0.2, 0) is 19.0 Å². The van der Waals surface area contributed by atoms with Crippen molar-refractivity contribution in [1.82, 2.24) is 4.90 Å². The molecule has 0 unspecified atom stereocenters. The van der Waals surface area contributed by atoms with E-state index in [4.69, 9.17) is 4.74 Å². The predicted octanol–water partition coefficient (Wildman–Crippen LogP) is -0.705. The molecule has 1 fully saturated rings. The maximum absolute atomic E-state index is 11.0. The van der Waals surface area contributed by atoms with Gasteiger partial charge in [-0.3, -0.25) is 9.08 Å². The SMILES string of the molecule is COS(=O)(=O)CCN1CCOCC1. The summed E-state index contributed by atoms with van der Waals surface area (Å²) in [5.74, 6) is 0.0590. The monoisotopic (exact) mass is 209 g/mol. The van der Waals surface area contributed by atoms with Crippen LogP contribution in [0, 0.1) is 0 Å². The Hall–Kier alpha value is -0.170. The molecule has 1 rings (SSSR count). The minimum absolute atomic E-state index is 0.0590. The van der Waals surface area contributed by atoms with Crippen molar-refractivity contribution in [3.8, 4) is 0 Å². The molecule has 1 aliphatic rings. The maximum Gasteiger partial charge on any atom is 0.268 e. The number of morpholine rings is 1. The van der Waals surface area contributed by atoms with Crippen molar-refractivity contribution in [2.45, 2.75) is 0 Å². The first-order chi connectivity index (χ1) is 6.14. The molecule has 78 valence electrons. The molecule has 0 aromatic carbocycles. The fraction of sp³-hybridized carbons (Fsp3) is 1.00. The Kier molecular flexibility index (Phi) is 4.11. The highest BCUT2D eigenvalue weighted by Gasteiger charge is 2.14. The van der Waals surface area contributed by atoms with E-state index in [1.54, 1.807) is 0 Å². The van der Waals surface area contributed by atoms with E-state index in [9.17, 15) is 8.42 Å². The van der Waals surface area contributed by atoms with Gasteiger partial charge in [-0.05, 0) is 0 Å². The Morgan fingerprint density at radius 1 is 1.38 bits per heavy atom. The minimum atomic E-state index is -3.30. The maximum atomic E-state index is 11.0. The zero-order valence-electron chi connectivity index (χ0n) is 7.73. The summed E-state index contributed by atoms with van der Waals surface area (Å²) in [5.41, 5.74) is 0. The normalized spacial score (nSPS) is 20.4. The molecule has 13 heavy (non-hydrogen) atoms. The van der Waals surface area contributed by atoms with E-state index in [0.717, 1.165) is 13.1 Å². The quantitative estimate of drug-likeness (QED) is 0.573. The van der Waals surface area contributed by atoms with Crippen LogP contribution in [0.3, 0.4) is 0 Å². The third kappa shape index (κ3) is 4.04. The van der Waals surface area contributed by atoms with Gasteiger partial charge in [0.15, 0.2) is 0 Å². The first-order valence-corrected chi connectivity index (χ1v) is 5.80. The summed E-state index contributed by atoms with van der Waals surface area (Å²) in [6.45, 7) is 3.51. The van der Waals surface area contributed by atoms with Gasteiger partial charge < -0.3 is 4.74 Å². The minimum Gasteiger partial charge on any atom is -0.379 e. The smallest absolute Gasteiger partial charge is 0.268 e. The molecule has 6 heteroatoms. The number of hydrogen-bond acceptors (Lipinski definition) is 5. The molecular formula is C7H15NO4S. The Morgan fingerprint density at radius 2 is 2.00 bits per heavy atom. The molecule has 1 aliphatic heterocycles. The van der Waals surface area contributed by atoms with Gasteiger partial charge in [-0.2, -0.15) is 8.42 Å². The molecule has 0 aliphatic carbocycles. The highest BCUT2D eigenvalue weighted by atomic mass is 32.2. The molecule has 0 aromatic rings. The summed E-state index contributed by atoms with van der Waals surface area (Å²) >= 11 is 0. The van der Waals surface area contributed by atoms with Crippen LogP contribution < -0.4 is 0 Å². The van der Waals surface area contributed by atoms with E-state index in [-0.39, 0.29) is 5.75 Å². The van der Waals surface area contributed by atoms with Gasteiger partial charge in [0, 0.05) is 19.6 Å². The second kappa shape index (κ2) is 4.90. The number of nitrogens with zero attached hydrogens (tertiary/aromatic N) is 1. The van der Waals surface area contributed by atoms with Gasteiger partial charge in [0.05, 0.1) is 26.1 Å². The molecule has 0 radical (unpaired) electrons. The summed E-state index contributed by atoms with van der Waals surface area (Å²) in [6.07, 6.45) is 0. The highest BCUT2D eigenvalue weighted by Crippen LogP contribution is 1.98. The van der Waals surface area contributed by atoms with Gasteiger partial charge in [-0.15, -0.1) is 0 Å². The molecule has 0 spiro atoms. The van der Waals surface area contributed by atoms with E-state index in [0.29, 0.717) is 19.8 Å². The molecule has 1 saturated heterocycles. The molecule has 0 atom stereocenters. The average Bonchev–Trinajstić information content (AvgIpc) is 2.17. The van der Waals surface area contributed by atoms with E-state index in [1.165, 1.54) is 7.11 Å². The second-order valence-corrected chi connectivity index (χ2v) is 4.74. The van der Waals surface area contributed by atoms with Crippen LogP contribution in [-0.4, -0.2) is 59.0 Å². The van der Waals surface area contributed by atoms with Crippen LogP contribution in [0.25, 0.3) is 0 Å². The van der Waals surface area contributed by atoms with Crippen molar-refractivity contribution in [1.29, 1.82) is 0 Å². The van der Waals surface area contributed by atoms with Gasteiger partial charge >= 0.3 is 0 Å². The molecule has 5 nitrogen and oxygen atoms in total. The molecule has 0 amide bonds. The highest BCUT2D eigenvalue weighted by molar-refractivity contribution is 7.86. The zero-order valence-corrected chi connectivity index (χ0v) is 8.55. The van der Waals surface area contributed by atoms with Crippen LogP contribution >= 0.6 is 0 Å². The van der Waals surface area contributed by atoms with Crippen molar-refractivity contribution in [3.63, 3.8) is 0 Å². The Bertz CT molecular complexity index is 233. The van der Waals surface area contributed by atoms with Crippen molar-refractivity contribution >= 4 is 10.1 Å². The Labute approximate surface area is 78.7 Å². The predicted molar refractivity (Wildman–Crippen MR) is 48.1 cm³/mol. The summed E-state index contributed by atoms with van der Waals surface area (Å²) in [7, 11) is -2.11. The molecule has 0 aromatic heterocycles. The molecule has 0 bridgehead atoms. The van der Waals surface area contributed by atoms with Crippen molar-refractivity contribution in [2.75, 3.05) is 45.7 Å². The molecular weight excluding hydrogens is 194 g/mol. The van der Waals surface area contributed by atoms with Crippen LogP contribution in [0.15, 0.2) is 0 Å². The largest absolute Gasteiger partial charge is 0.379 e. The fourth-order valence-electron chi connectivity index (χ4n) is 1.15. The van der Waals surface area contributed by atoms with Gasteiger partial charge in [0.1, 0.15) is 0 Å². The van der Waals surface area contributed by atoms with E-state index in [1.807, 2.05) is 0 Å². The number of ether oxygens (including phenoxy) is 1. The second-order valence-electron chi connectivity index (χ2n) is 2.88. The van der Waals surface area contributed by atoms with Crippen molar-refractivity contribution in [2.24, 2.45) is 0 Å². The van der Waals surface area contributed by atoms with Crippen LogP contribution in [0.1, 0.15) is 0 Å². The van der Waals surface area contributed by atoms with Crippen LogP contribution in [0.2, 0.25) is 0 Å². The zero-order chi connectivity index (χ0) is 9.73. The van der Waals surface area contributed by atoms with E-state index >= 15 is 0 Å². The summed E-state index contributed by atoms with van der Waals surface area (Å²) in [6, 6.07) is 0. The van der Waals surface area contributed by atoms with Crippen LogP contribution in [0.5, 0.6) is 0 Å². The lowest BCUT2D eigenvalue weighted by Crippen LogP contribution is -2.39. The standard InChI is InChI=1S/C7H15NO4S/c1-11-13(9,10)7-4-8-2-5-12-6-3-8/h2-7H2,1H3. The lowest BCUT2D eigenvalue weighted by atomic mass is 10.4. The van der Waals surface area contributed by atoms with Crippen molar-refractivity contribution < 1.29 is 17.3 Å². The number of hydrogen-bond donors (Lipinski definition) is 0. The average molecular weight is 209 g/mol. The Morgan fingerprint density at radius 3 is 2.54 bits per heavy atom. The van der Waals surface area contributed by atoms with Gasteiger partial charge in [0.2, 0.25) is 0 Å². The third-order valence-corrected chi connectivity index (χ3v) is 3.21. The van der Waals surface area contributed by atoms with E-state index in [2.05, 4.69) is 9.08 Å².